The molecule has 0 amide bonds. The van der Waals surface area contributed by atoms with Gasteiger partial charge in [-0.25, -0.2) is 0 Å². The van der Waals surface area contributed by atoms with Gasteiger partial charge in [-0.05, 0) is 5.75 Å². The molecule has 0 rings (SSSR count). The van der Waals surface area contributed by atoms with Gasteiger partial charge in [-0.1, -0.05) is 18.7 Å². The lowest BCUT2D eigenvalue weighted by Gasteiger charge is -1.85. The molecule has 0 radical (unpaired) electrons. The molecule has 5 nitrogen and oxygen atoms in total. The van der Waals surface area contributed by atoms with Crippen LogP contribution in [0.1, 0.15) is 6.92 Å². The summed E-state index contributed by atoms with van der Waals surface area (Å²) in [5.74, 6) is 0.898. The van der Waals surface area contributed by atoms with Crippen molar-refractivity contribution in [1.29, 1.82) is 5.41 Å². The Labute approximate surface area is 64.8 Å². The van der Waals surface area contributed by atoms with E-state index < -0.39 is 8.60 Å². The first-order chi connectivity index (χ1) is 4.50. The summed E-state index contributed by atoms with van der Waals surface area (Å²) in [5, 5.41) is 6.84. The van der Waals surface area contributed by atoms with E-state index in [0.29, 0.717) is 0 Å². The first-order valence-corrected chi connectivity index (χ1v) is 4.52. The number of rotatable bonds is 1. The summed E-state index contributed by atoms with van der Waals surface area (Å²) in [6.07, 6.45) is 0. The minimum absolute atomic E-state index is 0.206. The summed E-state index contributed by atoms with van der Waals surface area (Å²) >= 11 is 1.35. The van der Waals surface area contributed by atoms with Crippen LogP contribution < -0.4 is 5.73 Å². The third-order valence-corrected chi connectivity index (χ3v) is 0.900. The zero-order chi connectivity index (χ0) is 8.57. The van der Waals surface area contributed by atoms with E-state index in [-0.39, 0.29) is 5.17 Å². The maximum absolute atomic E-state index is 7.23. The maximum atomic E-state index is 7.23. The summed E-state index contributed by atoms with van der Waals surface area (Å²) in [5.41, 5.74) is 4.95. The first kappa shape index (κ1) is 12.8. The van der Waals surface area contributed by atoms with Crippen LogP contribution in [0.25, 0.3) is 0 Å². The van der Waals surface area contributed by atoms with E-state index in [1.54, 1.807) is 0 Å². The van der Waals surface area contributed by atoms with Gasteiger partial charge in [0.15, 0.2) is 5.17 Å². The van der Waals surface area contributed by atoms with Crippen LogP contribution in [0.5, 0.6) is 0 Å². The number of thioether (sulfide) groups is 1. The normalized spacial score (nSPS) is 8.50. The Kier molecular flexibility index (Phi) is 11.7. The van der Waals surface area contributed by atoms with E-state index in [9.17, 15) is 0 Å². The summed E-state index contributed by atoms with van der Waals surface area (Å²) in [4.78, 5) is 21.7. The average molecular weight is 186 g/mol. The van der Waals surface area contributed by atoms with E-state index in [4.69, 9.17) is 25.8 Å². The quantitative estimate of drug-likeness (QED) is 0.222. The van der Waals surface area contributed by atoms with Crippen LogP contribution in [-0.2, 0) is 0 Å². The standard InChI is InChI=1S/C3H8N2S.H3O3P/c1-2-6-3(4)5;1-4(2)3/h2H2,1H3,(H3,4,5);1-3H. The molecular formula is C3H11N2O3PS. The lowest BCUT2D eigenvalue weighted by Crippen LogP contribution is -2.02. The van der Waals surface area contributed by atoms with E-state index in [1.165, 1.54) is 11.8 Å². The van der Waals surface area contributed by atoms with E-state index >= 15 is 0 Å². The second kappa shape index (κ2) is 9.13. The van der Waals surface area contributed by atoms with Gasteiger partial charge < -0.3 is 20.4 Å². The molecule has 0 unspecified atom stereocenters. The summed E-state index contributed by atoms with van der Waals surface area (Å²) < 4.78 is 0. The third-order valence-electron chi connectivity index (χ3n) is 0.300. The lowest BCUT2D eigenvalue weighted by molar-refractivity contribution is 0.368. The van der Waals surface area contributed by atoms with Crippen LogP contribution in [0.15, 0.2) is 0 Å². The molecule has 0 heterocycles. The largest absolute Gasteiger partial charge is 0.379 e. The Bertz CT molecular complexity index is 89.1. The molecule has 0 aliphatic carbocycles. The van der Waals surface area contributed by atoms with Crippen molar-refractivity contribution in [2.24, 2.45) is 5.73 Å². The summed E-state index contributed by atoms with van der Waals surface area (Å²) in [6.45, 7) is 1.96. The van der Waals surface area contributed by atoms with Crippen molar-refractivity contribution >= 4 is 25.5 Å². The first-order valence-electron chi connectivity index (χ1n) is 2.34. The Morgan fingerprint density at radius 2 is 1.90 bits per heavy atom. The number of nitrogens with one attached hydrogen (secondary N) is 1. The Morgan fingerprint density at radius 1 is 1.60 bits per heavy atom. The second-order valence-electron chi connectivity index (χ2n) is 1.07. The van der Waals surface area contributed by atoms with Gasteiger partial charge in [0.2, 0.25) is 0 Å². The fraction of sp³-hybridized carbons (Fsp3) is 0.667. The highest BCUT2D eigenvalue weighted by molar-refractivity contribution is 8.13. The van der Waals surface area contributed by atoms with Crippen molar-refractivity contribution in [1.82, 2.24) is 0 Å². The molecule has 0 aromatic carbocycles. The van der Waals surface area contributed by atoms with Gasteiger partial charge in [-0.15, -0.1) is 0 Å². The Balaban J connectivity index is 0. The van der Waals surface area contributed by atoms with Crippen molar-refractivity contribution in [3.63, 3.8) is 0 Å². The monoisotopic (exact) mass is 186 g/mol. The topological polar surface area (TPSA) is 111 Å². The number of nitrogens with two attached hydrogens (primary N) is 1. The number of amidine groups is 1. The molecule has 0 saturated heterocycles. The van der Waals surface area contributed by atoms with Gasteiger partial charge in [0.1, 0.15) is 0 Å². The molecule has 0 aliphatic rings. The smallest absolute Gasteiger partial charge is 0.324 e. The zero-order valence-corrected chi connectivity index (χ0v) is 7.19. The Morgan fingerprint density at radius 3 is 1.90 bits per heavy atom. The Hall–Kier alpha value is 0.130. The molecule has 7 heteroatoms. The maximum Gasteiger partial charge on any atom is 0.324 e. The molecule has 0 atom stereocenters. The predicted octanol–water partition coefficient (Wildman–Crippen LogP) is -0.177. The molecule has 0 fully saturated rings. The highest BCUT2D eigenvalue weighted by atomic mass is 32.2. The molecule has 0 aromatic rings. The predicted molar refractivity (Wildman–Crippen MR) is 43.6 cm³/mol. The molecule has 0 aromatic heterocycles. The van der Waals surface area contributed by atoms with Crippen LogP contribution in [0.2, 0.25) is 0 Å². The van der Waals surface area contributed by atoms with Crippen LogP contribution in [0, 0.1) is 5.41 Å². The summed E-state index contributed by atoms with van der Waals surface area (Å²) in [6, 6.07) is 0. The molecule has 0 aliphatic heterocycles. The molecule has 0 bridgehead atoms. The fourth-order valence-corrected chi connectivity index (χ4v) is 0.467. The fourth-order valence-electron chi connectivity index (χ4n) is 0.156. The van der Waals surface area contributed by atoms with E-state index in [1.807, 2.05) is 6.92 Å². The van der Waals surface area contributed by atoms with Gasteiger partial charge in [0, 0.05) is 0 Å². The van der Waals surface area contributed by atoms with Crippen molar-refractivity contribution < 1.29 is 14.7 Å². The average Bonchev–Trinajstić information content (AvgIpc) is 1.62. The number of hydrogen-bond acceptors (Lipinski definition) is 5. The van der Waals surface area contributed by atoms with Gasteiger partial charge in [0.25, 0.3) is 0 Å². The SMILES string of the molecule is CCSC(=N)N.OP(O)O. The van der Waals surface area contributed by atoms with Gasteiger partial charge in [0.05, 0.1) is 0 Å². The molecule has 0 spiro atoms. The minimum Gasteiger partial charge on any atom is -0.379 e. The van der Waals surface area contributed by atoms with Crippen LogP contribution in [0.4, 0.5) is 0 Å². The highest BCUT2D eigenvalue weighted by Gasteiger charge is 1.79. The van der Waals surface area contributed by atoms with Gasteiger partial charge in [-0.2, -0.15) is 0 Å². The van der Waals surface area contributed by atoms with Crippen molar-refractivity contribution in [2.75, 3.05) is 5.75 Å². The third kappa shape index (κ3) is 42.2. The van der Waals surface area contributed by atoms with Crippen LogP contribution in [-0.4, -0.2) is 25.6 Å². The molecule has 6 N–H and O–H groups in total. The second-order valence-corrected chi connectivity index (χ2v) is 2.91. The molecule has 10 heavy (non-hydrogen) atoms. The van der Waals surface area contributed by atoms with E-state index in [0.717, 1.165) is 5.75 Å². The van der Waals surface area contributed by atoms with Crippen LogP contribution >= 0.6 is 20.4 Å². The van der Waals surface area contributed by atoms with Gasteiger partial charge in [-0.3, -0.25) is 5.41 Å². The van der Waals surface area contributed by atoms with Crippen LogP contribution in [0.3, 0.4) is 0 Å². The zero-order valence-electron chi connectivity index (χ0n) is 5.48. The van der Waals surface area contributed by atoms with Crippen molar-refractivity contribution in [2.45, 2.75) is 6.92 Å². The summed E-state index contributed by atoms with van der Waals surface area (Å²) in [7, 11) is -2.62. The minimum atomic E-state index is -2.62. The van der Waals surface area contributed by atoms with Crippen molar-refractivity contribution in [3.8, 4) is 0 Å². The van der Waals surface area contributed by atoms with E-state index in [2.05, 4.69) is 0 Å². The highest BCUT2D eigenvalue weighted by Crippen LogP contribution is 2.11. The lowest BCUT2D eigenvalue weighted by atomic mass is 11.0. The van der Waals surface area contributed by atoms with Crippen molar-refractivity contribution in [3.05, 3.63) is 0 Å². The molecule has 0 saturated carbocycles. The van der Waals surface area contributed by atoms with Gasteiger partial charge >= 0.3 is 8.60 Å². The number of hydrogen-bond donors (Lipinski definition) is 5. The molecular weight excluding hydrogens is 175 g/mol. The molecule has 62 valence electrons.